The molecule has 0 aliphatic rings. The number of halogens is 1. The van der Waals surface area contributed by atoms with E-state index in [9.17, 15) is 9.18 Å². The van der Waals surface area contributed by atoms with Crippen LogP contribution in [0.5, 0.6) is 0 Å². The molecular weight excluding hydrogens is 321 g/mol. The molecule has 1 N–H and O–H groups in total. The van der Waals surface area contributed by atoms with E-state index in [1.165, 1.54) is 6.07 Å². The number of anilines is 1. The smallest absolute Gasteiger partial charge is 0.251 e. The zero-order chi connectivity index (χ0) is 17.8. The second-order valence-corrected chi connectivity index (χ2v) is 5.79. The summed E-state index contributed by atoms with van der Waals surface area (Å²) in [6, 6.07) is 15.2. The number of hydrogen-bond acceptors (Lipinski definition) is 4. The summed E-state index contributed by atoms with van der Waals surface area (Å²) < 4.78 is 18.9. The number of carbonyl (C=O) groups is 1. The summed E-state index contributed by atoms with van der Waals surface area (Å²) in [6.45, 7) is 0.201. The van der Waals surface area contributed by atoms with Crippen LogP contribution in [0.25, 0.3) is 11.3 Å². The fourth-order valence-electron chi connectivity index (χ4n) is 2.37. The number of nitrogens with one attached hydrogen (secondary N) is 1. The van der Waals surface area contributed by atoms with Crippen molar-refractivity contribution >= 4 is 11.6 Å². The third-order valence-electron chi connectivity index (χ3n) is 3.77. The van der Waals surface area contributed by atoms with Crippen LogP contribution in [0.2, 0.25) is 0 Å². The lowest BCUT2D eigenvalue weighted by atomic mass is 10.1. The van der Waals surface area contributed by atoms with Crippen LogP contribution < -0.4 is 10.2 Å². The van der Waals surface area contributed by atoms with E-state index in [0.29, 0.717) is 22.6 Å². The van der Waals surface area contributed by atoms with Crippen LogP contribution in [-0.4, -0.2) is 25.2 Å². The van der Waals surface area contributed by atoms with Crippen molar-refractivity contribution in [2.45, 2.75) is 6.54 Å². The van der Waals surface area contributed by atoms with Gasteiger partial charge in [0.05, 0.1) is 12.1 Å². The Labute approximate surface area is 145 Å². The van der Waals surface area contributed by atoms with Crippen molar-refractivity contribution in [3.05, 3.63) is 71.7 Å². The zero-order valence-corrected chi connectivity index (χ0v) is 14.0. The van der Waals surface area contributed by atoms with E-state index in [1.807, 2.05) is 31.1 Å². The first kappa shape index (κ1) is 16.7. The van der Waals surface area contributed by atoms with Gasteiger partial charge in [0.2, 0.25) is 0 Å². The fraction of sp³-hybridized carbons (Fsp3) is 0.158. The highest BCUT2D eigenvalue weighted by molar-refractivity contribution is 5.94. The Kier molecular flexibility index (Phi) is 4.79. The molecule has 5 nitrogen and oxygen atoms in total. The Balaban J connectivity index is 1.64. The largest absolute Gasteiger partial charge is 0.378 e. The predicted octanol–water partition coefficient (Wildman–Crippen LogP) is 3.48. The quantitative estimate of drug-likeness (QED) is 0.773. The first-order valence-corrected chi connectivity index (χ1v) is 7.80. The van der Waals surface area contributed by atoms with Gasteiger partial charge >= 0.3 is 0 Å². The fourth-order valence-corrected chi connectivity index (χ4v) is 2.37. The molecule has 0 unspecified atom stereocenters. The molecule has 0 bridgehead atoms. The number of nitrogens with zero attached hydrogens (tertiary/aromatic N) is 2. The summed E-state index contributed by atoms with van der Waals surface area (Å²) in [5.41, 5.74) is 2.44. The third-order valence-corrected chi connectivity index (χ3v) is 3.77. The van der Waals surface area contributed by atoms with Gasteiger partial charge in [0.1, 0.15) is 11.5 Å². The van der Waals surface area contributed by atoms with Crippen molar-refractivity contribution in [2.75, 3.05) is 19.0 Å². The van der Waals surface area contributed by atoms with E-state index in [0.717, 1.165) is 5.69 Å². The Bertz CT molecular complexity index is 872. The third kappa shape index (κ3) is 3.85. The molecule has 1 aromatic heterocycles. The summed E-state index contributed by atoms with van der Waals surface area (Å²) in [5, 5.41) is 6.65. The van der Waals surface area contributed by atoms with Crippen molar-refractivity contribution in [1.29, 1.82) is 0 Å². The van der Waals surface area contributed by atoms with Crippen molar-refractivity contribution in [1.82, 2.24) is 10.5 Å². The van der Waals surface area contributed by atoms with Crippen LogP contribution in [0.4, 0.5) is 10.1 Å². The Morgan fingerprint density at radius 3 is 2.56 bits per heavy atom. The van der Waals surface area contributed by atoms with E-state index in [2.05, 4.69) is 10.5 Å². The van der Waals surface area contributed by atoms with Gasteiger partial charge in [0.15, 0.2) is 5.76 Å². The van der Waals surface area contributed by atoms with Crippen LogP contribution >= 0.6 is 0 Å². The lowest BCUT2D eigenvalue weighted by molar-refractivity contribution is 0.0950. The normalized spacial score (nSPS) is 10.5. The van der Waals surface area contributed by atoms with Gasteiger partial charge in [-0.3, -0.25) is 4.79 Å². The van der Waals surface area contributed by atoms with E-state index in [4.69, 9.17) is 4.52 Å². The summed E-state index contributed by atoms with van der Waals surface area (Å²) in [7, 11) is 3.87. The van der Waals surface area contributed by atoms with Crippen molar-refractivity contribution < 1.29 is 13.7 Å². The zero-order valence-electron chi connectivity index (χ0n) is 14.0. The van der Waals surface area contributed by atoms with Crippen molar-refractivity contribution in [2.24, 2.45) is 0 Å². The highest BCUT2D eigenvalue weighted by atomic mass is 19.1. The molecule has 1 amide bonds. The molecule has 0 saturated carbocycles. The van der Waals surface area contributed by atoms with Crippen LogP contribution in [-0.2, 0) is 6.54 Å². The molecule has 0 spiro atoms. The number of carbonyl (C=O) groups excluding carboxylic acids is 1. The number of amides is 1. The molecule has 0 radical (unpaired) electrons. The lowest BCUT2D eigenvalue weighted by Gasteiger charge is -2.12. The molecule has 0 saturated heterocycles. The van der Waals surface area contributed by atoms with Crippen LogP contribution in [0, 0.1) is 5.82 Å². The minimum Gasteiger partial charge on any atom is -0.378 e. The van der Waals surface area contributed by atoms with Crippen LogP contribution in [0.15, 0.2) is 59.1 Å². The summed E-state index contributed by atoms with van der Waals surface area (Å²) in [4.78, 5) is 14.1. The summed E-state index contributed by atoms with van der Waals surface area (Å²) in [6.07, 6.45) is 0. The maximum Gasteiger partial charge on any atom is 0.251 e. The second-order valence-electron chi connectivity index (χ2n) is 5.79. The maximum absolute atomic E-state index is 13.7. The molecule has 1 heterocycles. The topological polar surface area (TPSA) is 58.4 Å². The van der Waals surface area contributed by atoms with Gasteiger partial charge in [-0.1, -0.05) is 17.3 Å². The molecule has 6 heteroatoms. The Morgan fingerprint density at radius 2 is 1.88 bits per heavy atom. The average molecular weight is 339 g/mol. The van der Waals surface area contributed by atoms with Crippen LogP contribution in [0.1, 0.15) is 16.1 Å². The van der Waals surface area contributed by atoms with Crippen molar-refractivity contribution in [3.63, 3.8) is 0 Å². The molecular formula is C19H18FN3O2. The highest BCUT2D eigenvalue weighted by Crippen LogP contribution is 2.23. The van der Waals surface area contributed by atoms with E-state index in [1.54, 1.807) is 36.4 Å². The standard InChI is InChI=1S/C19H18FN3O2/c1-23(2)15-9-7-13(8-10-15)19(24)21-12-14-11-18(25-22-14)16-5-3-4-6-17(16)20/h3-11H,12H2,1-2H3,(H,21,24). The van der Waals surface area contributed by atoms with Gasteiger partial charge in [-0.2, -0.15) is 0 Å². The van der Waals surface area contributed by atoms with Gasteiger partial charge in [-0.05, 0) is 36.4 Å². The number of rotatable bonds is 5. The van der Waals surface area contributed by atoms with Gasteiger partial charge in [0, 0.05) is 31.4 Å². The molecule has 0 fully saturated rings. The van der Waals surface area contributed by atoms with E-state index < -0.39 is 0 Å². The summed E-state index contributed by atoms with van der Waals surface area (Å²) >= 11 is 0. The average Bonchev–Trinajstić information content (AvgIpc) is 3.09. The predicted molar refractivity (Wildman–Crippen MR) is 93.8 cm³/mol. The number of aromatic nitrogens is 1. The Morgan fingerprint density at radius 1 is 1.16 bits per heavy atom. The second kappa shape index (κ2) is 7.17. The lowest BCUT2D eigenvalue weighted by Crippen LogP contribution is -2.23. The number of benzene rings is 2. The SMILES string of the molecule is CN(C)c1ccc(C(=O)NCc2cc(-c3ccccc3F)on2)cc1. The monoisotopic (exact) mass is 339 g/mol. The minimum absolute atomic E-state index is 0.201. The molecule has 0 atom stereocenters. The molecule has 3 rings (SSSR count). The molecule has 0 aliphatic heterocycles. The summed E-state index contributed by atoms with van der Waals surface area (Å²) in [5.74, 6) is -0.256. The van der Waals surface area contributed by atoms with Gasteiger partial charge < -0.3 is 14.7 Å². The number of hydrogen-bond donors (Lipinski definition) is 1. The van der Waals surface area contributed by atoms with E-state index in [-0.39, 0.29) is 18.3 Å². The van der Waals surface area contributed by atoms with Crippen molar-refractivity contribution in [3.8, 4) is 11.3 Å². The Hall–Kier alpha value is -3.15. The van der Waals surface area contributed by atoms with Crippen LogP contribution in [0.3, 0.4) is 0 Å². The van der Waals surface area contributed by atoms with Gasteiger partial charge in [-0.25, -0.2) is 4.39 Å². The highest BCUT2D eigenvalue weighted by Gasteiger charge is 2.12. The molecule has 128 valence electrons. The first-order chi connectivity index (χ1) is 12.0. The molecule has 25 heavy (non-hydrogen) atoms. The van der Waals surface area contributed by atoms with Gasteiger partial charge in [-0.15, -0.1) is 0 Å². The minimum atomic E-state index is -0.379. The van der Waals surface area contributed by atoms with Gasteiger partial charge in [0.25, 0.3) is 5.91 Å². The molecule has 3 aromatic rings. The maximum atomic E-state index is 13.7. The molecule has 0 aliphatic carbocycles. The van der Waals surface area contributed by atoms with E-state index >= 15 is 0 Å². The first-order valence-electron chi connectivity index (χ1n) is 7.80. The molecule has 2 aromatic carbocycles.